The van der Waals surface area contributed by atoms with Crippen LogP contribution < -0.4 is 15.0 Å². The highest BCUT2D eigenvalue weighted by molar-refractivity contribution is 5.74. The number of methoxy groups -OCH3 is 1. The van der Waals surface area contributed by atoms with Crippen molar-refractivity contribution in [3.8, 4) is 5.88 Å². The molecule has 1 aromatic heterocycles. The average molecular weight is 285 g/mol. The molecule has 2 aromatic rings. The van der Waals surface area contributed by atoms with E-state index in [9.17, 15) is 0 Å². The number of ether oxygens (including phenoxy) is 1. The lowest BCUT2D eigenvalue weighted by molar-refractivity contribution is 0.400. The molecular weight excluding hydrogens is 262 g/mol. The number of rotatable bonds is 5. The second-order valence-corrected chi connectivity index (χ2v) is 5.39. The highest BCUT2D eigenvalue weighted by atomic mass is 16.5. The third-order valence-corrected chi connectivity index (χ3v) is 3.53. The van der Waals surface area contributed by atoms with E-state index >= 15 is 0 Å². The van der Waals surface area contributed by atoms with Crippen LogP contribution in [0.1, 0.15) is 16.7 Å². The molecule has 1 aromatic carbocycles. The lowest BCUT2D eigenvalue weighted by atomic mass is 10.1. The molecule has 0 saturated carbocycles. The molecule has 0 radical (unpaired) electrons. The van der Waals surface area contributed by atoms with Crippen molar-refractivity contribution in [3.63, 3.8) is 0 Å². The Morgan fingerprint density at radius 2 is 1.95 bits per heavy atom. The standard InChI is InChI=1S/C17H23N3O/c1-12-6-7-13(2)14(10-12)11-19-16-15(20(3)4)8-9-18-17(16)21-5/h6-10,19H,11H2,1-5H3. The Balaban J connectivity index is 2.29. The highest BCUT2D eigenvalue weighted by Crippen LogP contribution is 2.32. The number of anilines is 2. The van der Waals surface area contributed by atoms with Gasteiger partial charge in [-0.2, -0.15) is 0 Å². The third kappa shape index (κ3) is 3.45. The van der Waals surface area contributed by atoms with Gasteiger partial charge in [-0.1, -0.05) is 23.8 Å². The summed E-state index contributed by atoms with van der Waals surface area (Å²) in [6, 6.07) is 8.48. The summed E-state index contributed by atoms with van der Waals surface area (Å²) in [4.78, 5) is 6.33. The fourth-order valence-corrected chi connectivity index (χ4v) is 2.30. The zero-order chi connectivity index (χ0) is 15.4. The van der Waals surface area contributed by atoms with Crippen LogP contribution in [0.15, 0.2) is 30.5 Å². The molecule has 0 bridgehead atoms. The van der Waals surface area contributed by atoms with Crippen molar-refractivity contribution in [2.24, 2.45) is 0 Å². The van der Waals surface area contributed by atoms with Gasteiger partial charge in [-0.05, 0) is 31.0 Å². The van der Waals surface area contributed by atoms with Crippen LogP contribution in [0.25, 0.3) is 0 Å². The quantitative estimate of drug-likeness (QED) is 0.914. The van der Waals surface area contributed by atoms with Crippen molar-refractivity contribution >= 4 is 11.4 Å². The minimum absolute atomic E-state index is 0.617. The molecule has 1 heterocycles. The first-order valence-electron chi connectivity index (χ1n) is 7.03. The Bertz CT molecular complexity index is 623. The molecule has 1 N–H and O–H groups in total. The van der Waals surface area contributed by atoms with Gasteiger partial charge >= 0.3 is 0 Å². The van der Waals surface area contributed by atoms with E-state index in [0.717, 1.165) is 17.9 Å². The van der Waals surface area contributed by atoms with Crippen LogP contribution in [0.5, 0.6) is 5.88 Å². The molecule has 0 aliphatic carbocycles. The second-order valence-electron chi connectivity index (χ2n) is 5.39. The van der Waals surface area contributed by atoms with E-state index in [0.29, 0.717) is 5.88 Å². The highest BCUT2D eigenvalue weighted by Gasteiger charge is 2.12. The molecule has 0 fully saturated rings. The smallest absolute Gasteiger partial charge is 0.239 e. The monoisotopic (exact) mass is 285 g/mol. The van der Waals surface area contributed by atoms with Gasteiger partial charge in [0.05, 0.1) is 12.8 Å². The number of nitrogens with zero attached hydrogens (tertiary/aromatic N) is 2. The van der Waals surface area contributed by atoms with Gasteiger partial charge in [-0.15, -0.1) is 0 Å². The number of benzene rings is 1. The Labute approximate surface area is 126 Å². The molecule has 0 amide bonds. The minimum Gasteiger partial charge on any atom is -0.479 e. The Morgan fingerprint density at radius 3 is 2.62 bits per heavy atom. The largest absolute Gasteiger partial charge is 0.479 e. The average Bonchev–Trinajstić information content (AvgIpc) is 2.47. The fraction of sp³-hybridized carbons (Fsp3) is 0.353. The van der Waals surface area contributed by atoms with Crippen LogP contribution >= 0.6 is 0 Å². The van der Waals surface area contributed by atoms with Crippen molar-refractivity contribution in [2.75, 3.05) is 31.4 Å². The number of hydrogen-bond acceptors (Lipinski definition) is 4. The van der Waals surface area contributed by atoms with Crippen molar-refractivity contribution in [1.29, 1.82) is 0 Å². The van der Waals surface area contributed by atoms with Gasteiger partial charge in [0.25, 0.3) is 0 Å². The lowest BCUT2D eigenvalue weighted by Gasteiger charge is -2.20. The molecule has 4 heteroatoms. The van der Waals surface area contributed by atoms with E-state index in [1.165, 1.54) is 16.7 Å². The van der Waals surface area contributed by atoms with Gasteiger partial charge in [-0.3, -0.25) is 0 Å². The third-order valence-electron chi connectivity index (χ3n) is 3.53. The number of nitrogens with one attached hydrogen (secondary N) is 1. The van der Waals surface area contributed by atoms with E-state index in [-0.39, 0.29) is 0 Å². The fourth-order valence-electron chi connectivity index (χ4n) is 2.30. The van der Waals surface area contributed by atoms with E-state index < -0.39 is 0 Å². The summed E-state index contributed by atoms with van der Waals surface area (Å²) in [5.41, 5.74) is 5.81. The first-order valence-corrected chi connectivity index (χ1v) is 7.03. The van der Waals surface area contributed by atoms with Crippen molar-refractivity contribution in [1.82, 2.24) is 4.98 Å². The predicted molar refractivity (Wildman–Crippen MR) is 88.4 cm³/mol. The molecule has 2 rings (SSSR count). The summed E-state index contributed by atoms with van der Waals surface area (Å²) >= 11 is 0. The van der Waals surface area contributed by atoms with Gasteiger partial charge in [0, 0.05) is 26.8 Å². The Hall–Kier alpha value is -2.23. The van der Waals surface area contributed by atoms with Gasteiger partial charge in [-0.25, -0.2) is 4.98 Å². The van der Waals surface area contributed by atoms with Crippen molar-refractivity contribution in [3.05, 3.63) is 47.2 Å². The van der Waals surface area contributed by atoms with E-state index in [4.69, 9.17) is 4.74 Å². The predicted octanol–water partition coefficient (Wildman–Crippen LogP) is 3.39. The minimum atomic E-state index is 0.617. The van der Waals surface area contributed by atoms with Crippen LogP contribution in [-0.4, -0.2) is 26.2 Å². The number of aryl methyl sites for hydroxylation is 2. The van der Waals surface area contributed by atoms with E-state index in [1.807, 2.05) is 20.2 Å². The topological polar surface area (TPSA) is 37.4 Å². The summed E-state index contributed by atoms with van der Waals surface area (Å²) in [7, 11) is 5.67. The van der Waals surface area contributed by atoms with Crippen molar-refractivity contribution in [2.45, 2.75) is 20.4 Å². The zero-order valence-electron chi connectivity index (χ0n) is 13.4. The molecule has 21 heavy (non-hydrogen) atoms. The van der Waals surface area contributed by atoms with Gasteiger partial charge in [0.2, 0.25) is 5.88 Å². The SMILES string of the molecule is COc1nccc(N(C)C)c1NCc1cc(C)ccc1C. The number of aromatic nitrogens is 1. The second kappa shape index (κ2) is 6.48. The summed E-state index contributed by atoms with van der Waals surface area (Å²) in [5, 5.41) is 3.47. The van der Waals surface area contributed by atoms with Crippen LogP contribution in [0, 0.1) is 13.8 Å². The maximum atomic E-state index is 5.38. The zero-order valence-corrected chi connectivity index (χ0v) is 13.4. The summed E-state index contributed by atoms with van der Waals surface area (Å²) < 4.78 is 5.38. The normalized spacial score (nSPS) is 10.3. The molecule has 0 unspecified atom stereocenters. The molecule has 0 atom stereocenters. The van der Waals surface area contributed by atoms with Gasteiger partial charge < -0.3 is 15.0 Å². The van der Waals surface area contributed by atoms with Crippen LogP contribution in [0.3, 0.4) is 0 Å². The van der Waals surface area contributed by atoms with Crippen LogP contribution in [0.2, 0.25) is 0 Å². The summed E-state index contributed by atoms with van der Waals surface area (Å²) in [6.45, 7) is 4.99. The maximum Gasteiger partial charge on any atom is 0.239 e. The first-order chi connectivity index (χ1) is 10.0. The van der Waals surface area contributed by atoms with E-state index in [1.54, 1.807) is 13.3 Å². The summed E-state index contributed by atoms with van der Waals surface area (Å²) in [5.74, 6) is 0.617. The molecule has 0 aliphatic rings. The lowest BCUT2D eigenvalue weighted by Crippen LogP contribution is -2.14. The van der Waals surface area contributed by atoms with Gasteiger partial charge in [0.15, 0.2) is 0 Å². The van der Waals surface area contributed by atoms with E-state index in [2.05, 4.69) is 47.2 Å². The molecular formula is C17H23N3O. The molecule has 0 spiro atoms. The summed E-state index contributed by atoms with van der Waals surface area (Å²) in [6.07, 6.45) is 1.76. The molecule has 112 valence electrons. The molecule has 4 nitrogen and oxygen atoms in total. The first kappa shape index (κ1) is 15.2. The molecule has 0 saturated heterocycles. The Morgan fingerprint density at radius 1 is 1.19 bits per heavy atom. The number of hydrogen-bond donors (Lipinski definition) is 1. The Kier molecular flexibility index (Phi) is 4.68. The van der Waals surface area contributed by atoms with Crippen LogP contribution in [0.4, 0.5) is 11.4 Å². The molecule has 0 aliphatic heterocycles. The number of pyridine rings is 1. The maximum absolute atomic E-state index is 5.38. The van der Waals surface area contributed by atoms with Gasteiger partial charge in [0.1, 0.15) is 5.69 Å². The van der Waals surface area contributed by atoms with Crippen molar-refractivity contribution < 1.29 is 4.74 Å². The van der Waals surface area contributed by atoms with Crippen LogP contribution in [-0.2, 0) is 6.54 Å².